The van der Waals surface area contributed by atoms with Crippen LogP contribution in [0.15, 0.2) is 36.5 Å². The van der Waals surface area contributed by atoms with Gasteiger partial charge in [-0.05, 0) is 24.3 Å². The van der Waals surface area contributed by atoms with Crippen molar-refractivity contribution in [3.05, 3.63) is 48.0 Å². The zero-order valence-corrected chi connectivity index (χ0v) is 9.14. The van der Waals surface area contributed by atoms with Crippen molar-refractivity contribution in [3.8, 4) is 0 Å². The van der Waals surface area contributed by atoms with E-state index in [2.05, 4.69) is 15.3 Å². The third-order valence-electron chi connectivity index (χ3n) is 2.10. The SMILES string of the molecule is CC(=O)c1ccnc(Nc2cccc(F)c2)n1. The Hall–Kier alpha value is -2.30. The highest BCUT2D eigenvalue weighted by Gasteiger charge is 2.04. The maximum atomic E-state index is 12.9. The summed E-state index contributed by atoms with van der Waals surface area (Å²) in [6.07, 6.45) is 1.48. The van der Waals surface area contributed by atoms with Crippen molar-refractivity contribution in [3.63, 3.8) is 0 Å². The molecule has 1 aromatic carbocycles. The average molecular weight is 231 g/mol. The second-order valence-corrected chi connectivity index (χ2v) is 3.46. The van der Waals surface area contributed by atoms with Gasteiger partial charge >= 0.3 is 0 Å². The van der Waals surface area contributed by atoms with Gasteiger partial charge in [-0.15, -0.1) is 0 Å². The smallest absolute Gasteiger partial charge is 0.227 e. The molecule has 5 heteroatoms. The molecule has 0 fully saturated rings. The number of nitrogens with zero attached hydrogens (tertiary/aromatic N) is 2. The lowest BCUT2D eigenvalue weighted by atomic mass is 10.3. The Morgan fingerprint density at radius 2 is 2.18 bits per heavy atom. The summed E-state index contributed by atoms with van der Waals surface area (Å²) in [5.74, 6) is -0.226. The first-order valence-electron chi connectivity index (χ1n) is 5.02. The Bertz CT molecular complexity index is 557. The summed E-state index contributed by atoms with van der Waals surface area (Å²) in [4.78, 5) is 19.1. The number of halogens is 1. The Kier molecular flexibility index (Phi) is 3.09. The van der Waals surface area contributed by atoms with Crippen LogP contribution in [0.2, 0.25) is 0 Å². The zero-order valence-electron chi connectivity index (χ0n) is 9.14. The molecule has 0 unspecified atom stereocenters. The van der Waals surface area contributed by atoms with Gasteiger partial charge in [0.25, 0.3) is 0 Å². The van der Waals surface area contributed by atoms with Gasteiger partial charge in [0, 0.05) is 18.8 Å². The fourth-order valence-electron chi connectivity index (χ4n) is 1.31. The number of hydrogen-bond donors (Lipinski definition) is 1. The molecule has 0 atom stereocenters. The van der Waals surface area contributed by atoms with Crippen molar-refractivity contribution in [1.82, 2.24) is 9.97 Å². The summed E-state index contributed by atoms with van der Waals surface area (Å²) in [6, 6.07) is 7.46. The number of ketones is 1. The quantitative estimate of drug-likeness (QED) is 0.825. The fraction of sp³-hybridized carbons (Fsp3) is 0.0833. The van der Waals surface area contributed by atoms with Crippen LogP contribution < -0.4 is 5.32 Å². The normalized spacial score (nSPS) is 10.0. The number of hydrogen-bond acceptors (Lipinski definition) is 4. The molecule has 0 amide bonds. The maximum absolute atomic E-state index is 12.9. The number of rotatable bonds is 3. The highest BCUT2D eigenvalue weighted by atomic mass is 19.1. The Labute approximate surface area is 97.5 Å². The summed E-state index contributed by atoms with van der Waals surface area (Å²) in [5.41, 5.74) is 0.851. The molecule has 1 heterocycles. The van der Waals surface area contributed by atoms with Crippen LogP contribution in [0.25, 0.3) is 0 Å². The lowest BCUT2D eigenvalue weighted by Crippen LogP contribution is -2.02. The van der Waals surface area contributed by atoms with Crippen molar-refractivity contribution < 1.29 is 9.18 Å². The molecule has 0 spiro atoms. The van der Waals surface area contributed by atoms with E-state index in [-0.39, 0.29) is 17.5 Å². The molecule has 0 bridgehead atoms. The van der Waals surface area contributed by atoms with Gasteiger partial charge in [0.2, 0.25) is 5.95 Å². The Morgan fingerprint density at radius 1 is 1.35 bits per heavy atom. The predicted molar refractivity (Wildman–Crippen MR) is 61.7 cm³/mol. The first kappa shape index (κ1) is 11.2. The molecule has 1 aromatic heterocycles. The zero-order chi connectivity index (χ0) is 12.3. The van der Waals surface area contributed by atoms with Crippen molar-refractivity contribution in [2.75, 3.05) is 5.32 Å². The largest absolute Gasteiger partial charge is 0.324 e. The average Bonchev–Trinajstić information content (AvgIpc) is 2.29. The predicted octanol–water partition coefficient (Wildman–Crippen LogP) is 2.56. The summed E-state index contributed by atoms with van der Waals surface area (Å²) in [7, 11) is 0. The van der Waals surface area contributed by atoms with E-state index in [9.17, 15) is 9.18 Å². The lowest BCUT2D eigenvalue weighted by molar-refractivity contribution is 0.101. The van der Waals surface area contributed by atoms with Crippen molar-refractivity contribution >= 4 is 17.4 Å². The van der Waals surface area contributed by atoms with Crippen LogP contribution >= 0.6 is 0 Å². The van der Waals surface area contributed by atoms with Crippen LogP contribution in [0.3, 0.4) is 0 Å². The summed E-state index contributed by atoms with van der Waals surface area (Å²) in [5, 5.41) is 2.83. The molecule has 0 aliphatic rings. The Balaban J connectivity index is 2.24. The number of carbonyl (C=O) groups is 1. The minimum Gasteiger partial charge on any atom is -0.324 e. The van der Waals surface area contributed by atoms with E-state index >= 15 is 0 Å². The second-order valence-electron chi connectivity index (χ2n) is 3.46. The van der Waals surface area contributed by atoms with Crippen LogP contribution in [0.4, 0.5) is 16.0 Å². The molecular weight excluding hydrogens is 221 g/mol. The van der Waals surface area contributed by atoms with Crippen LogP contribution in [0.1, 0.15) is 17.4 Å². The number of aromatic nitrogens is 2. The van der Waals surface area contributed by atoms with Gasteiger partial charge in [0.1, 0.15) is 11.5 Å². The number of benzene rings is 1. The van der Waals surface area contributed by atoms with Gasteiger partial charge in [-0.2, -0.15) is 0 Å². The molecule has 86 valence electrons. The van der Waals surface area contributed by atoms with E-state index in [0.29, 0.717) is 11.4 Å². The minimum atomic E-state index is -0.349. The minimum absolute atomic E-state index is 0.144. The van der Waals surface area contributed by atoms with Crippen LogP contribution in [-0.4, -0.2) is 15.8 Å². The standard InChI is InChI=1S/C12H10FN3O/c1-8(17)11-5-6-14-12(16-11)15-10-4-2-3-9(13)7-10/h2-7H,1H3,(H,14,15,16). The van der Waals surface area contributed by atoms with Crippen molar-refractivity contribution in [2.24, 2.45) is 0 Å². The highest BCUT2D eigenvalue weighted by molar-refractivity contribution is 5.92. The van der Waals surface area contributed by atoms with Gasteiger partial charge in [-0.1, -0.05) is 6.07 Å². The molecule has 0 saturated heterocycles. The molecule has 0 aliphatic heterocycles. The topological polar surface area (TPSA) is 54.9 Å². The van der Waals surface area contributed by atoms with E-state index in [1.165, 1.54) is 31.3 Å². The second kappa shape index (κ2) is 4.69. The molecule has 0 radical (unpaired) electrons. The van der Waals surface area contributed by atoms with Gasteiger partial charge in [0.15, 0.2) is 5.78 Å². The van der Waals surface area contributed by atoms with Crippen LogP contribution in [0.5, 0.6) is 0 Å². The van der Waals surface area contributed by atoms with E-state index in [1.807, 2.05) is 0 Å². The first-order chi connectivity index (χ1) is 8.15. The van der Waals surface area contributed by atoms with Gasteiger partial charge in [-0.25, -0.2) is 14.4 Å². The molecule has 1 N–H and O–H groups in total. The van der Waals surface area contributed by atoms with Gasteiger partial charge in [0.05, 0.1) is 0 Å². The lowest BCUT2D eigenvalue weighted by Gasteiger charge is -2.05. The third-order valence-corrected chi connectivity index (χ3v) is 2.10. The van der Waals surface area contributed by atoms with Crippen molar-refractivity contribution in [1.29, 1.82) is 0 Å². The van der Waals surface area contributed by atoms with Gasteiger partial charge in [-0.3, -0.25) is 4.79 Å². The first-order valence-corrected chi connectivity index (χ1v) is 5.02. The molecule has 4 nitrogen and oxygen atoms in total. The third kappa shape index (κ3) is 2.84. The highest BCUT2D eigenvalue weighted by Crippen LogP contribution is 2.13. The molecule has 2 aromatic rings. The molecule has 2 rings (SSSR count). The summed E-state index contributed by atoms with van der Waals surface area (Å²) in [6.45, 7) is 1.42. The summed E-state index contributed by atoms with van der Waals surface area (Å²) < 4.78 is 12.9. The monoisotopic (exact) mass is 231 g/mol. The van der Waals surface area contributed by atoms with E-state index < -0.39 is 0 Å². The molecular formula is C12H10FN3O. The fourth-order valence-corrected chi connectivity index (χ4v) is 1.31. The van der Waals surface area contributed by atoms with Crippen molar-refractivity contribution in [2.45, 2.75) is 6.92 Å². The molecule has 17 heavy (non-hydrogen) atoms. The number of anilines is 2. The summed E-state index contributed by atoms with van der Waals surface area (Å²) >= 11 is 0. The number of Topliss-reactive ketones (excluding diaryl/α,β-unsaturated/α-hetero) is 1. The number of nitrogens with one attached hydrogen (secondary N) is 1. The molecule has 0 saturated carbocycles. The van der Waals surface area contributed by atoms with Gasteiger partial charge < -0.3 is 5.32 Å². The van der Waals surface area contributed by atoms with E-state index in [0.717, 1.165) is 0 Å². The van der Waals surface area contributed by atoms with E-state index in [4.69, 9.17) is 0 Å². The molecule has 0 aliphatic carbocycles. The van der Waals surface area contributed by atoms with Crippen LogP contribution in [-0.2, 0) is 0 Å². The van der Waals surface area contributed by atoms with E-state index in [1.54, 1.807) is 12.1 Å². The maximum Gasteiger partial charge on any atom is 0.227 e. The van der Waals surface area contributed by atoms with Crippen LogP contribution in [0, 0.1) is 5.82 Å². The Morgan fingerprint density at radius 3 is 2.88 bits per heavy atom. The number of carbonyl (C=O) groups excluding carboxylic acids is 1.